The van der Waals surface area contributed by atoms with Crippen molar-refractivity contribution in [1.82, 2.24) is 9.55 Å². The molecule has 1 N–H and O–H groups in total. The topological polar surface area (TPSA) is 56.2 Å². The Labute approximate surface area is 153 Å². The number of benzene rings is 1. The molecule has 27 heavy (non-hydrogen) atoms. The van der Waals surface area contributed by atoms with Crippen LogP contribution < -0.4 is 10.1 Å². The molecule has 5 nitrogen and oxygen atoms in total. The smallest absolute Gasteiger partial charge is 0.406 e. The van der Waals surface area contributed by atoms with E-state index < -0.39 is 17.9 Å². The van der Waals surface area contributed by atoms with E-state index in [2.05, 4.69) is 15.0 Å². The Hall–Kier alpha value is -2.58. The van der Waals surface area contributed by atoms with Crippen LogP contribution in [0, 0.1) is 11.7 Å². The number of aromatic nitrogens is 2. The lowest BCUT2D eigenvalue weighted by Crippen LogP contribution is -2.24. The van der Waals surface area contributed by atoms with Crippen molar-refractivity contribution in [3.8, 4) is 11.4 Å². The van der Waals surface area contributed by atoms with Gasteiger partial charge in [-0.1, -0.05) is 25.7 Å². The van der Waals surface area contributed by atoms with E-state index in [0.717, 1.165) is 56.7 Å². The minimum absolute atomic E-state index is 0.0484. The van der Waals surface area contributed by atoms with Crippen LogP contribution in [-0.4, -0.2) is 21.8 Å². The fourth-order valence-corrected chi connectivity index (χ4v) is 3.22. The molecule has 0 unspecified atom stereocenters. The van der Waals surface area contributed by atoms with Crippen LogP contribution in [0.3, 0.4) is 0 Å². The van der Waals surface area contributed by atoms with Gasteiger partial charge in [-0.25, -0.2) is 9.37 Å². The van der Waals surface area contributed by atoms with Crippen molar-refractivity contribution >= 4 is 11.9 Å². The van der Waals surface area contributed by atoms with E-state index in [9.17, 15) is 22.4 Å². The first-order valence-electron chi connectivity index (χ1n) is 8.73. The summed E-state index contributed by atoms with van der Waals surface area (Å²) in [4.78, 5) is 16.5. The average Bonchev–Trinajstić information content (AvgIpc) is 2.87. The number of halogens is 4. The summed E-state index contributed by atoms with van der Waals surface area (Å²) < 4.78 is 56.5. The first kappa shape index (κ1) is 19.2. The Morgan fingerprint density at radius 1 is 1.19 bits per heavy atom. The monoisotopic (exact) mass is 385 g/mol. The SMILES string of the molecule is O=C(Nc1nccn1-c1cc(OC(F)(F)F)ccc1F)C1CCCCCC1. The van der Waals surface area contributed by atoms with E-state index in [-0.39, 0.29) is 23.5 Å². The average molecular weight is 385 g/mol. The molecule has 0 aliphatic heterocycles. The fraction of sp³-hybridized carbons (Fsp3) is 0.444. The molecule has 0 saturated heterocycles. The number of nitrogens with one attached hydrogen (secondary N) is 1. The van der Waals surface area contributed by atoms with Crippen molar-refractivity contribution < 1.29 is 27.1 Å². The van der Waals surface area contributed by atoms with E-state index in [1.165, 1.54) is 17.0 Å². The highest BCUT2D eigenvalue weighted by Gasteiger charge is 2.31. The van der Waals surface area contributed by atoms with Crippen LogP contribution in [0.4, 0.5) is 23.5 Å². The summed E-state index contributed by atoms with van der Waals surface area (Å²) >= 11 is 0. The minimum atomic E-state index is -4.89. The Kier molecular flexibility index (Phi) is 5.67. The van der Waals surface area contributed by atoms with Crippen LogP contribution in [0.1, 0.15) is 38.5 Å². The van der Waals surface area contributed by atoms with Crippen LogP contribution in [0.25, 0.3) is 5.69 Å². The highest BCUT2D eigenvalue weighted by atomic mass is 19.4. The molecule has 0 spiro atoms. The molecular formula is C18H19F4N3O2. The van der Waals surface area contributed by atoms with E-state index in [4.69, 9.17) is 0 Å². The van der Waals surface area contributed by atoms with Gasteiger partial charge in [0.2, 0.25) is 11.9 Å². The van der Waals surface area contributed by atoms with Gasteiger partial charge in [0, 0.05) is 24.4 Å². The van der Waals surface area contributed by atoms with Crippen LogP contribution in [-0.2, 0) is 4.79 Å². The maximum Gasteiger partial charge on any atom is 0.573 e. The van der Waals surface area contributed by atoms with Crippen molar-refractivity contribution in [2.75, 3.05) is 5.32 Å². The molecule has 1 saturated carbocycles. The Morgan fingerprint density at radius 2 is 1.89 bits per heavy atom. The summed E-state index contributed by atoms with van der Waals surface area (Å²) in [6.45, 7) is 0. The largest absolute Gasteiger partial charge is 0.573 e. The molecule has 1 aromatic carbocycles. The highest BCUT2D eigenvalue weighted by molar-refractivity contribution is 5.91. The van der Waals surface area contributed by atoms with Gasteiger partial charge in [0.05, 0.1) is 5.69 Å². The van der Waals surface area contributed by atoms with Crippen molar-refractivity contribution in [2.24, 2.45) is 5.92 Å². The molecule has 3 rings (SSSR count). The zero-order valence-electron chi connectivity index (χ0n) is 14.4. The summed E-state index contributed by atoms with van der Waals surface area (Å²) in [6, 6.07) is 2.66. The number of nitrogens with zero attached hydrogens (tertiary/aromatic N) is 2. The lowest BCUT2D eigenvalue weighted by Gasteiger charge is -2.16. The first-order chi connectivity index (χ1) is 12.8. The first-order valence-corrected chi connectivity index (χ1v) is 8.73. The quantitative estimate of drug-likeness (QED) is 0.607. The van der Waals surface area contributed by atoms with Gasteiger partial charge < -0.3 is 4.74 Å². The zero-order chi connectivity index (χ0) is 19.4. The minimum Gasteiger partial charge on any atom is -0.406 e. The van der Waals surface area contributed by atoms with Crippen molar-refractivity contribution in [3.63, 3.8) is 0 Å². The Bertz CT molecular complexity index is 796. The van der Waals surface area contributed by atoms with Gasteiger partial charge in [-0.3, -0.25) is 14.7 Å². The van der Waals surface area contributed by atoms with E-state index >= 15 is 0 Å². The van der Waals surface area contributed by atoms with Gasteiger partial charge in [-0.2, -0.15) is 0 Å². The number of rotatable bonds is 4. The number of imidazole rings is 1. The van der Waals surface area contributed by atoms with Gasteiger partial charge in [0.25, 0.3) is 0 Å². The van der Waals surface area contributed by atoms with Gasteiger partial charge in [0.15, 0.2) is 0 Å². The number of carbonyl (C=O) groups excluding carboxylic acids is 1. The predicted molar refractivity (Wildman–Crippen MR) is 90.0 cm³/mol. The lowest BCUT2D eigenvalue weighted by atomic mass is 10.00. The van der Waals surface area contributed by atoms with E-state index in [1.807, 2.05) is 0 Å². The predicted octanol–water partition coefficient (Wildman–Crippen LogP) is 4.82. The number of hydrogen-bond acceptors (Lipinski definition) is 3. The Morgan fingerprint density at radius 3 is 2.56 bits per heavy atom. The fourth-order valence-electron chi connectivity index (χ4n) is 3.22. The molecule has 1 aliphatic rings. The molecule has 2 aromatic rings. The summed E-state index contributed by atoms with van der Waals surface area (Å²) in [5.74, 6) is -1.65. The second kappa shape index (κ2) is 7.98. The molecule has 0 radical (unpaired) electrons. The van der Waals surface area contributed by atoms with E-state index in [1.54, 1.807) is 0 Å². The van der Waals surface area contributed by atoms with Crippen molar-refractivity contribution in [3.05, 3.63) is 36.4 Å². The molecule has 1 heterocycles. The van der Waals surface area contributed by atoms with Crippen LogP contribution >= 0.6 is 0 Å². The van der Waals surface area contributed by atoms with Gasteiger partial charge >= 0.3 is 6.36 Å². The number of hydrogen-bond donors (Lipinski definition) is 1. The third kappa shape index (κ3) is 4.99. The molecule has 1 fully saturated rings. The van der Waals surface area contributed by atoms with Gasteiger partial charge in [-0.05, 0) is 25.0 Å². The zero-order valence-corrected chi connectivity index (χ0v) is 14.4. The number of anilines is 1. The molecule has 9 heteroatoms. The highest BCUT2D eigenvalue weighted by Crippen LogP contribution is 2.28. The third-order valence-electron chi connectivity index (χ3n) is 4.51. The number of alkyl halides is 3. The molecular weight excluding hydrogens is 366 g/mol. The molecule has 1 aromatic heterocycles. The lowest BCUT2D eigenvalue weighted by molar-refractivity contribution is -0.274. The number of carbonyl (C=O) groups is 1. The summed E-state index contributed by atoms with van der Waals surface area (Å²) in [5.41, 5.74) is -0.203. The summed E-state index contributed by atoms with van der Waals surface area (Å²) in [7, 11) is 0. The van der Waals surface area contributed by atoms with Crippen molar-refractivity contribution in [2.45, 2.75) is 44.9 Å². The van der Waals surface area contributed by atoms with Crippen LogP contribution in [0.15, 0.2) is 30.6 Å². The van der Waals surface area contributed by atoms with E-state index in [0.29, 0.717) is 0 Å². The van der Waals surface area contributed by atoms with Crippen molar-refractivity contribution in [1.29, 1.82) is 0 Å². The van der Waals surface area contributed by atoms with Crippen LogP contribution in [0.5, 0.6) is 5.75 Å². The second-order valence-electron chi connectivity index (χ2n) is 6.46. The Balaban J connectivity index is 1.82. The number of amides is 1. The molecule has 146 valence electrons. The normalized spacial score (nSPS) is 16.0. The molecule has 0 atom stereocenters. The van der Waals surface area contributed by atoms with Gasteiger partial charge in [-0.15, -0.1) is 13.2 Å². The van der Waals surface area contributed by atoms with Crippen LogP contribution in [0.2, 0.25) is 0 Å². The van der Waals surface area contributed by atoms with Gasteiger partial charge in [0.1, 0.15) is 11.6 Å². The third-order valence-corrected chi connectivity index (χ3v) is 4.51. The number of ether oxygens (including phenoxy) is 1. The summed E-state index contributed by atoms with van der Waals surface area (Å²) in [5, 5.41) is 2.66. The molecule has 0 bridgehead atoms. The summed E-state index contributed by atoms with van der Waals surface area (Å²) in [6.07, 6.45) is 3.48. The second-order valence-corrected chi connectivity index (χ2v) is 6.46. The molecule has 1 aliphatic carbocycles. The maximum absolute atomic E-state index is 14.2. The standard InChI is InChI=1S/C18H19F4N3O2/c19-14-8-7-13(27-18(20,21)22)11-15(14)25-10-9-23-17(25)24-16(26)12-5-3-1-2-4-6-12/h7-12H,1-6H2,(H,23,24,26). The maximum atomic E-state index is 14.2. The molecule has 1 amide bonds.